The van der Waals surface area contributed by atoms with Gasteiger partial charge < -0.3 is 96.0 Å². The number of unbranched alkanes of at least 4 members (excludes halogenated alkanes) is 3. The predicted molar refractivity (Wildman–Crippen MR) is 590 cm³/mol. The zero-order valence-electron chi connectivity index (χ0n) is 96.4. The molecule has 148 heavy (non-hydrogen) atoms. The maximum Gasteiger partial charge on any atom is 0.417 e. The second kappa shape index (κ2) is 72.2. The summed E-state index contributed by atoms with van der Waals surface area (Å²) in [4.78, 5) is 176. The molecule has 10 N–H and O–H groups in total. The molecule has 6 atom stereocenters. The molecule has 12 amide bonds. The number of nitrogens with one attached hydrogen (secondary N) is 6. The normalized spacial score (nSPS) is 12.9. The highest BCUT2D eigenvalue weighted by atomic mass is 16.7. The predicted octanol–water partition coefficient (Wildman–Crippen LogP) is 18.7. The van der Waals surface area contributed by atoms with Crippen molar-refractivity contribution in [3.05, 3.63) is 89.5 Å². The fourth-order valence-electron chi connectivity index (χ4n) is 13.8. The van der Waals surface area contributed by atoms with Crippen molar-refractivity contribution >= 4 is 94.7 Å². The van der Waals surface area contributed by atoms with Crippen molar-refractivity contribution in [2.24, 2.45) is 69.6 Å². The van der Waals surface area contributed by atoms with E-state index in [9.17, 15) is 62.3 Å². The highest BCUT2D eigenvalue weighted by Crippen LogP contribution is 2.39. The Balaban J connectivity index is 0. The molecule has 0 bridgehead atoms. The number of Topliss-reactive ketones (excluding diaryl/α,β-unsaturated/α-hetero) is 2. The number of likely N-dealkylation sites (N-methyl/N-ethyl adjacent to an activating group) is 6. The highest BCUT2D eigenvalue weighted by Gasteiger charge is 2.35. The van der Waals surface area contributed by atoms with E-state index in [0.29, 0.717) is 126 Å². The van der Waals surface area contributed by atoms with Gasteiger partial charge in [-0.2, -0.15) is 0 Å². The number of benzene rings is 3. The molecule has 0 aliphatic rings. The molecule has 0 heterocycles. The van der Waals surface area contributed by atoms with Crippen molar-refractivity contribution in [2.75, 3.05) is 157 Å². The van der Waals surface area contributed by atoms with E-state index in [1.807, 2.05) is 83.5 Å². The van der Waals surface area contributed by atoms with Crippen molar-refractivity contribution in [1.82, 2.24) is 50.7 Å². The Morgan fingerprint density at radius 1 is 0.372 bits per heavy atom. The van der Waals surface area contributed by atoms with Gasteiger partial charge in [-0.15, -0.1) is 0 Å². The van der Waals surface area contributed by atoms with Crippen LogP contribution in [0.3, 0.4) is 0 Å². The Kier molecular flexibility index (Phi) is 68.2. The summed E-state index contributed by atoms with van der Waals surface area (Å²) in [5.74, 6) is -3.50. The zero-order valence-corrected chi connectivity index (χ0v) is 96.4. The molecule has 0 spiro atoms. The number of anilines is 3. The standard InChI is InChI=1S/C38H66N6O9.C35H60N6O6.C28H47N3O6.C10H22.CH4/c1-9-20-50-22-24-52-25-23-51-21-16-33(46)42-34(28(2)3)32(45)26-30(11-10-17-40-36(39)48)35(47)41-31-14-12-29(13-15-31)27-53-37(49)43(7)18-19-44(8)38(4,5)6;1-9-10-11-12-15-30(43)39-31(25(2)3)29(42)23-27(14-13-20-37-33(36)45)32(44)38-28-18-16-26(17-19-28)24-47-34(46)40(7)21-22-41(8)35(4,5)6;1-19(2)21(5)24(32)36-25(20(3)4)37-27(34)31(11)23-14-12-22(13-15-23)18-35-26(33)29(9)16-17-30(10)28(6,7)8;1-8(9(2,3)4)10(5,6)7;/h12-15,28,30,34H,9-11,16-27H2,1-8H3,(H,41,47)(H,42,46)(H3,39,40,48);16-19,25,27,31H,9-15,20-24H2,1-8H3,(H,38,44)(H,39,43)(H3,36,37,45);12-15,19-21,25H,16-18H2,1-11H3;8H,1-7H3;1H4/t30-,34+;27-,31+;21-,25?;;/m110../s1. The molecular formula is C112H199N15O21. The van der Waals surface area contributed by atoms with E-state index in [-0.39, 0.29) is 148 Å². The van der Waals surface area contributed by atoms with Crippen LogP contribution in [0.1, 0.15) is 295 Å². The van der Waals surface area contributed by atoms with Gasteiger partial charge in [0.2, 0.25) is 23.6 Å². The van der Waals surface area contributed by atoms with Gasteiger partial charge in [0.1, 0.15) is 19.8 Å². The summed E-state index contributed by atoms with van der Waals surface area (Å²) < 4.78 is 43.6. The summed E-state index contributed by atoms with van der Waals surface area (Å²) in [6.45, 7) is 63.2. The van der Waals surface area contributed by atoms with Crippen LogP contribution in [0.5, 0.6) is 0 Å². The molecule has 3 aromatic rings. The van der Waals surface area contributed by atoms with Gasteiger partial charge in [0.15, 0.2) is 11.6 Å². The van der Waals surface area contributed by atoms with Gasteiger partial charge in [0.05, 0.1) is 51.0 Å². The molecule has 36 nitrogen and oxygen atoms in total. The molecule has 0 saturated carbocycles. The first-order valence-corrected chi connectivity index (χ1v) is 52.5. The first-order valence-electron chi connectivity index (χ1n) is 52.5. The van der Waals surface area contributed by atoms with Gasteiger partial charge in [-0.3, -0.25) is 53.2 Å². The van der Waals surface area contributed by atoms with E-state index < -0.39 is 72.6 Å². The van der Waals surface area contributed by atoms with Crippen LogP contribution in [-0.4, -0.2) is 283 Å². The van der Waals surface area contributed by atoms with Crippen molar-refractivity contribution in [3.63, 3.8) is 0 Å². The van der Waals surface area contributed by atoms with Gasteiger partial charge >= 0.3 is 42.4 Å². The molecule has 0 fully saturated rings. The van der Waals surface area contributed by atoms with Crippen LogP contribution in [0.25, 0.3) is 0 Å². The van der Waals surface area contributed by atoms with Crippen LogP contribution < -0.4 is 48.3 Å². The summed E-state index contributed by atoms with van der Waals surface area (Å²) in [6, 6.07) is 18.1. The van der Waals surface area contributed by atoms with E-state index >= 15 is 0 Å². The number of urea groups is 2. The van der Waals surface area contributed by atoms with E-state index in [2.05, 4.69) is 164 Å². The smallest absolute Gasteiger partial charge is 0.417 e. The molecule has 0 saturated heterocycles. The van der Waals surface area contributed by atoms with E-state index in [4.69, 9.17) is 49.4 Å². The molecule has 0 aromatic heterocycles. The number of hydrogen-bond donors (Lipinski definition) is 8. The monoisotopic (exact) mass is 2090 g/mol. The second-order valence-corrected chi connectivity index (χ2v) is 44.8. The summed E-state index contributed by atoms with van der Waals surface area (Å²) in [5.41, 5.74) is 15.2. The quantitative estimate of drug-likeness (QED) is 0.0113. The van der Waals surface area contributed by atoms with Crippen LogP contribution in [-0.2, 0) is 91.3 Å². The topological polar surface area (TPSA) is 443 Å². The Bertz CT molecular complexity index is 4320. The Morgan fingerprint density at radius 3 is 1.01 bits per heavy atom. The molecule has 0 aliphatic carbocycles. The average Bonchev–Trinajstić information content (AvgIpc) is 0.972. The highest BCUT2D eigenvalue weighted by molar-refractivity contribution is 5.99. The number of primary amides is 2. The Hall–Kier alpha value is -10.3. The van der Waals surface area contributed by atoms with E-state index in [1.54, 1.807) is 118 Å². The number of ether oxygens (including phenoxy) is 8. The number of ketones is 2. The number of amides is 12. The summed E-state index contributed by atoms with van der Waals surface area (Å²) in [7, 11) is 12.7. The fourth-order valence-corrected chi connectivity index (χ4v) is 13.8. The number of esters is 1. The largest absolute Gasteiger partial charge is 0.445 e. The van der Waals surface area contributed by atoms with E-state index in [0.717, 1.165) is 61.3 Å². The molecule has 36 heteroatoms. The number of nitrogens with two attached hydrogens (primary N) is 2. The molecule has 3 aromatic carbocycles. The molecule has 3 rings (SSSR count). The first-order chi connectivity index (χ1) is 68.3. The van der Waals surface area contributed by atoms with Crippen LogP contribution in [0.15, 0.2) is 72.8 Å². The third-order valence-corrected chi connectivity index (χ3v) is 26.0. The minimum Gasteiger partial charge on any atom is -0.445 e. The minimum atomic E-state index is -0.984. The molecule has 0 radical (unpaired) electrons. The molecular weight excluding hydrogens is 1890 g/mol. The van der Waals surface area contributed by atoms with Crippen LogP contribution in [0, 0.1) is 58.2 Å². The number of nitrogens with zero attached hydrogens (tertiary/aromatic N) is 7. The van der Waals surface area contributed by atoms with Crippen LogP contribution in [0.2, 0.25) is 0 Å². The fraction of sp³-hybridized carbons (Fsp3) is 0.723. The van der Waals surface area contributed by atoms with Crippen molar-refractivity contribution in [2.45, 2.75) is 333 Å². The van der Waals surface area contributed by atoms with Gasteiger partial charge in [0, 0.05) is 164 Å². The molecule has 1 unspecified atom stereocenters. The Morgan fingerprint density at radius 2 is 0.709 bits per heavy atom. The zero-order chi connectivity index (χ0) is 112. The number of rotatable bonds is 59. The number of carbonyl (C=O) groups excluding carboxylic acids is 13. The third kappa shape index (κ3) is 61.8. The maximum atomic E-state index is 13.5. The minimum absolute atomic E-state index is 0. The number of carbonyl (C=O) groups is 13. The average molecular weight is 2090 g/mol. The lowest BCUT2D eigenvalue weighted by Crippen LogP contribution is -2.45. The summed E-state index contributed by atoms with van der Waals surface area (Å²) in [6.07, 6.45) is 3.68. The van der Waals surface area contributed by atoms with Crippen molar-refractivity contribution in [1.29, 1.82) is 0 Å². The Labute approximate surface area is 889 Å². The summed E-state index contributed by atoms with van der Waals surface area (Å²) >= 11 is 0. The van der Waals surface area contributed by atoms with Crippen molar-refractivity contribution < 1.29 is 100 Å². The van der Waals surface area contributed by atoms with Crippen molar-refractivity contribution in [3.8, 4) is 0 Å². The van der Waals surface area contributed by atoms with Gasteiger partial charge in [0.25, 0.3) is 6.29 Å². The van der Waals surface area contributed by atoms with Gasteiger partial charge in [-0.1, -0.05) is 188 Å². The lowest BCUT2D eigenvalue weighted by atomic mass is 9.68. The molecule has 848 valence electrons. The van der Waals surface area contributed by atoms with Gasteiger partial charge in [-0.05, 0) is 210 Å². The van der Waals surface area contributed by atoms with Gasteiger partial charge in [-0.25, -0.2) is 28.8 Å². The SMILES string of the molecule is C.CC(C(C)(C)C)C(C)(C)C.CC(C)C(OC(=O)[C@@H](C)C(C)C)OC(=O)N(C)c1ccc(COC(=O)N(C)CCN(C)C(C)(C)C)cc1.CCCCCCC(=O)N[C@H](C(=O)C[C@@H](CCCNC(N)=O)C(=O)Nc1ccc(COC(=O)N(C)CCN(C)C(C)(C)C)cc1)C(C)C.CCCOCCOCCOCCC(=O)N[C@H](C(=O)C[C@@H](CCCNC(N)=O)C(=O)Nc1ccc(COC(=O)N(C)CCN(C)C(C)(C)C)cc1)C(C)C. The maximum absolute atomic E-state index is 13.5. The van der Waals surface area contributed by atoms with E-state index in [1.165, 1.54) is 9.80 Å². The van der Waals surface area contributed by atoms with Crippen LogP contribution in [0.4, 0.5) is 45.8 Å². The van der Waals surface area contributed by atoms with Crippen LogP contribution >= 0.6 is 0 Å². The lowest BCUT2D eigenvalue weighted by molar-refractivity contribution is -0.180. The third-order valence-electron chi connectivity index (χ3n) is 26.0. The first kappa shape index (κ1) is 140. The second-order valence-electron chi connectivity index (χ2n) is 44.8. The number of hydrogen-bond acceptors (Lipinski definition) is 24. The molecule has 0 aliphatic heterocycles. The summed E-state index contributed by atoms with van der Waals surface area (Å²) in [5, 5.41) is 16.5. The lowest BCUT2D eigenvalue weighted by Gasteiger charge is -2.38.